The number of nitrogens with one attached hydrogen (secondary N) is 2. The van der Waals surface area contributed by atoms with E-state index in [9.17, 15) is 4.79 Å². The van der Waals surface area contributed by atoms with Crippen LogP contribution in [0.15, 0.2) is 0 Å². The van der Waals surface area contributed by atoms with Crippen LogP contribution in [0, 0.1) is 5.92 Å². The summed E-state index contributed by atoms with van der Waals surface area (Å²) in [7, 11) is 0. The third kappa shape index (κ3) is 4.10. The summed E-state index contributed by atoms with van der Waals surface area (Å²) >= 11 is 0. The number of likely N-dealkylation sites (N-methyl/N-ethyl adjacent to an activating group) is 1. The summed E-state index contributed by atoms with van der Waals surface area (Å²) in [6.45, 7) is 9.10. The molecule has 0 bridgehead atoms. The van der Waals surface area contributed by atoms with E-state index in [4.69, 9.17) is 4.74 Å². The van der Waals surface area contributed by atoms with Crippen molar-refractivity contribution in [3.63, 3.8) is 0 Å². The van der Waals surface area contributed by atoms with Crippen molar-refractivity contribution < 1.29 is 9.53 Å². The van der Waals surface area contributed by atoms with Gasteiger partial charge in [-0.25, -0.2) is 0 Å². The quantitative estimate of drug-likeness (QED) is 0.710. The van der Waals surface area contributed by atoms with Crippen molar-refractivity contribution in [2.75, 3.05) is 26.3 Å². The molecule has 1 unspecified atom stereocenters. The molecule has 4 nitrogen and oxygen atoms in total. The van der Waals surface area contributed by atoms with E-state index < -0.39 is 5.54 Å². The van der Waals surface area contributed by atoms with Crippen LogP contribution in [0.1, 0.15) is 33.6 Å². The summed E-state index contributed by atoms with van der Waals surface area (Å²) in [5.74, 6) is 0.704. The van der Waals surface area contributed by atoms with Gasteiger partial charge in [-0.3, -0.25) is 4.79 Å². The van der Waals surface area contributed by atoms with Crippen molar-refractivity contribution >= 4 is 5.91 Å². The molecule has 1 rings (SSSR count). The summed E-state index contributed by atoms with van der Waals surface area (Å²) in [5.41, 5.74) is -0.471. The number of ether oxygens (including phenoxy) is 1. The molecule has 1 aliphatic rings. The molecule has 0 aromatic carbocycles. The van der Waals surface area contributed by atoms with Gasteiger partial charge in [0, 0.05) is 19.8 Å². The topological polar surface area (TPSA) is 50.4 Å². The lowest BCUT2D eigenvalue weighted by atomic mass is 10.0. The maximum absolute atomic E-state index is 11.8. The molecule has 1 fully saturated rings. The Morgan fingerprint density at radius 3 is 2.81 bits per heavy atom. The highest BCUT2D eigenvalue weighted by atomic mass is 16.5. The molecule has 0 aliphatic carbocycles. The van der Waals surface area contributed by atoms with Crippen LogP contribution in [0.2, 0.25) is 0 Å². The van der Waals surface area contributed by atoms with E-state index in [-0.39, 0.29) is 5.91 Å². The summed E-state index contributed by atoms with van der Waals surface area (Å²) in [5, 5.41) is 6.14. The highest BCUT2D eigenvalue weighted by Gasteiger charge is 2.26. The van der Waals surface area contributed by atoms with Gasteiger partial charge in [-0.15, -0.1) is 0 Å². The lowest BCUT2D eigenvalue weighted by Gasteiger charge is -2.24. The minimum absolute atomic E-state index is 0.0771. The predicted octanol–water partition coefficient (Wildman–Crippen LogP) is 0.917. The molecule has 0 aromatic heterocycles. The minimum Gasteiger partial charge on any atom is -0.381 e. The van der Waals surface area contributed by atoms with Gasteiger partial charge in [0.2, 0.25) is 5.91 Å². The average molecular weight is 228 g/mol. The summed E-state index contributed by atoms with van der Waals surface area (Å²) in [6, 6.07) is 0. The lowest BCUT2D eigenvalue weighted by Crippen LogP contribution is -2.52. The van der Waals surface area contributed by atoms with Crippen LogP contribution in [0.4, 0.5) is 0 Å². The Kier molecular flexibility index (Phi) is 5.22. The van der Waals surface area contributed by atoms with Gasteiger partial charge in [0.15, 0.2) is 0 Å². The molecule has 0 saturated carbocycles. The van der Waals surface area contributed by atoms with Gasteiger partial charge in [-0.1, -0.05) is 6.92 Å². The number of amides is 1. The number of carbonyl (C=O) groups is 1. The first kappa shape index (κ1) is 13.5. The third-order valence-electron chi connectivity index (χ3n) is 3.05. The molecular formula is C12H24N2O2. The SMILES string of the molecule is CCNC(C)(C)C(=O)NCCC1CCOC1. The molecule has 4 heteroatoms. The van der Waals surface area contributed by atoms with E-state index in [0.717, 1.165) is 39.1 Å². The molecule has 0 aromatic rings. The second kappa shape index (κ2) is 6.21. The van der Waals surface area contributed by atoms with E-state index >= 15 is 0 Å². The number of hydrogen-bond acceptors (Lipinski definition) is 3. The molecular weight excluding hydrogens is 204 g/mol. The van der Waals surface area contributed by atoms with E-state index in [1.807, 2.05) is 20.8 Å². The molecule has 16 heavy (non-hydrogen) atoms. The second-order valence-electron chi connectivity index (χ2n) is 4.93. The van der Waals surface area contributed by atoms with E-state index in [2.05, 4.69) is 10.6 Å². The minimum atomic E-state index is -0.471. The zero-order valence-electron chi connectivity index (χ0n) is 10.6. The van der Waals surface area contributed by atoms with Gasteiger partial charge < -0.3 is 15.4 Å². The number of carbonyl (C=O) groups excluding carboxylic acids is 1. The van der Waals surface area contributed by atoms with Crippen LogP contribution >= 0.6 is 0 Å². The van der Waals surface area contributed by atoms with Gasteiger partial charge in [-0.2, -0.15) is 0 Å². The average Bonchev–Trinajstić information content (AvgIpc) is 2.70. The van der Waals surface area contributed by atoms with Crippen molar-refractivity contribution in [2.45, 2.75) is 39.2 Å². The Balaban J connectivity index is 2.18. The van der Waals surface area contributed by atoms with E-state index in [0.29, 0.717) is 5.92 Å². The fourth-order valence-corrected chi connectivity index (χ4v) is 1.94. The Bertz CT molecular complexity index is 223. The van der Waals surface area contributed by atoms with Crippen LogP contribution in [-0.4, -0.2) is 37.7 Å². The van der Waals surface area contributed by atoms with Crippen LogP contribution in [0.5, 0.6) is 0 Å². The van der Waals surface area contributed by atoms with Crippen molar-refractivity contribution in [2.24, 2.45) is 5.92 Å². The molecule has 94 valence electrons. The van der Waals surface area contributed by atoms with Crippen LogP contribution < -0.4 is 10.6 Å². The first-order valence-corrected chi connectivity index (χ1v) is 6.17. The first-order valence-electron chi connectivity index (χ1n) is 6.17. The number of rotatable bonds is 6. The number of hydrogen-bond donors (Lipinski definition) is 2. The monoisotopic (exact) mass is 228 g/mol. The Labute approximate surface area is 98.1 Å². The fraction of sp³-hybridized carbons (Fsp3) is 0.917. The van der Waals surface area contributed by atoms with Crippen molar-refractivity contribution in [1.82, 2.24) is 10.6 Å². The maximum atomic E-state index is 11.8. The fourth-order valence-electron chi connectivity index (χ4n) is 1.94. The van der Waals surface area contributed by atoms with Gasteiger partial charge in [0.1, 0.15) is 0 Å². The molecule has 2 N–H and O–H groups in total. The van der Waals surface area contributed by atoms with Crippen molar-refractivity contribution in [3.05, 3.63) is 0 Å². The maximum Gasteiger partial charge on any atom is 0.239 e. The molecule has 1 saturated heterocycles. The summed E-state index contributed by atoms with van der Waals surface area (Å²) in [6.07, 6.45) is 2.15. The van der Waals surface area contributed by atoms with E-state index in [1.54, 1.807) is 0 Å². The molecule has 1 aliphatic heterocycles. The molecule has 1 amide bonds. The Hall–Kier alpha value is -0.610. The zero-order valence-corrected chi connectivity index (χ0v) is 10.6. The largest absolute Gasteiger partial charge is 0.381 e. The third-order valence-corrected chi connectivity index (χ3v) is 3.05. The molecule has 0 spiro atoms. The van der Waals surface area contributed by atoms with Crippen LogP contribution in [0.3, 0.4) is 0 Å². The Morgan fingerprint density at radius 1 is 1.50 bits per heavy atom. The summed E-state index contributed by atoms with van der Waals surface area (Å²) < 4.78 is 5.30. The van der Waals surface area contributed by atoms with Gasteiger partial charge >= 0.3 is 0 Å². The predicted molar refractivity (Wildman–Crippen MR) is 64.3 cm³/mol. The summed E-state index contributed by atoms with van der Waals surface area (Å²) in [4.78, 5) is 11.8. The van der Waals surface area contributed by atoms with Gasteiger partial charge in [-0.05, 0) is 39.2 Å². The smallest absolute Gasteiger partial charge is 0.239 e. The normalized spacial score (nSPS) is 21.1. The van der Waals surface area contributed by atoms with E-state index in [1.165, 1.54) is 0 Å². The molecule has 1 atom stereocenters. The first-order chi connectivity index (χ1) is 7.56. The zero-order chi connectivity index (χ0) is 12.0. The van der Waals surface area contributed by atoms with Crippen molar-refractivity contribution in [3.8, 4) is 0 Å². The lowest BCUT2D eigenvalue weighted by molar-refractivity contribution is -0.126. The standard InChI is InChI=1S/C12H24N2O2/c1-4-14-12(2,3)11(15)13-7-5-10-6-8-16-9-10/h10,14H,4-9H2,1-3H3,(H,13,15). The van der Waals surface area contributed by atoms with Gasteiger partial charge in [0.25, 0.3) is 0 Å². The second-order valence-corrected chi connectivity index (χ2v) is 4.93. The highest BCUT2D eigenvalue weighted by molar-refractivity contribution is 5.85. The van der Waals surface area contributed by atoms with Gasteiger partial charge in [0.05, 0.1) is 5.54 Å². The van der Waals surface area contributed by atoms with Crippen LogP contribution in [0.25, 0.3) is 0 Å². The molecule has 1 heterocycles. The van der Waals surface area contributed by atoms with Crippen molar-refractivity contribution in [1.29, 1.82) is 0 Å². The highest BCUT2D eigenvalue weighted by Crippen LogP contribution is 2.15. The van der Waals surface area contributed by atoms with Crippen LogP contribution in [-0.2, 0) is 9.53 Å². The molecule has 0 radical (unpaired) electrons. The Morgan fingerprint density at radius 2 is 2.25 bits per heavy atom.